The van der Waals surface area contributed by atoms with Gasteiger partial charge in [0.2, 0.25) is 5.91 Å². The van der Waals surface area contributed by atoms with Gasteiger partial charge in [-0.15, -0.1) is 0 Å². The van der Waals surface area contributed by atoms with Crippen molar-refractivity contribution in [3.63, 3.8) is 0 Å². The number of rotatable bonds is 5. The van der Waals surface area contributed by atoms with Crippen molar-refractivity contribution < 1.29 is 4.79 Å². The van der Waals surface area contributed by atoms with Crippen LogP contribution in [-0.4, -0.2) is 16.5 Å². The Morgan fingerprint density at radius 3 is 2.78 bits per heavy atom. The Hall–Kier alpha value is -2.45. The van der Waals surface area contributed by atoms with Crippen LogP contribution in [0, 0.1) is 11.3 Å². The molecule has 5 nitrogen and oxygen atoms in total. The molecule has 0 aliphatic rings. The Bertz CT molecular complexity index is 758. The standard InChI is InChI=1S/C17H19ClN4O/c1-11(2)21-17(23)10-22-14(9-19)8-15(20)16(22)7-12-4-3-5-13(18)6-12/h3-6,8,11H,7,10,20H2,1-2H3,(H,21,23). The first kappa shape index (κ1) is 16.9. The van der Waals surface area contributed by atoms with Crippen LogP contribution in [0.2, 0.25) is 5.02 Å². The first-order chi connectivity index (χ1) is 10.9. The number of anilines is 1. The molecule has 0 fully saturated rings. The maximum Gasteiger partial charge on any atom is 0.240 e. The number of halogens is 1. The average molecular weight is 331 g/mol. The number of hydrogen-bond donors (Lipinski definition) is 2. The topological polar surface area (TPSA) is 83.8 Å². The van der Waals surface area contributed by atoms with Crippen LogP contribution in [-0.2, 0) is 17.8 Å². The van der Waals surface area contributed by atoms with Crippen molar-refractivity contribution in [1.82, 2.24) is 9.88 Å². The second-order valence-corrected chi connectivity index (χ2v) is 6.09. The van der Waals surface area contributed by atoms with Crippen LogP contribution in [0.25, 0.3) is 0 Å². The molecule has 2 aromatic rings. The van der Waals surface area contributed by atoms with Gasteiger partial charge >= 0.3 is 0 Å². The summed E-state index contributed by atoms with van der Waals surface area (Å²) < 4.78 is 1.66. The highest BCUT2D eigenvalue weighted by molar-refractivity contribution is 6.30. The van der Waals surface area contributed by atoms with Crippen LogP contribution in [0.3, 0.4) is 0 Å². The number of nitrogens with two attached hydrogens (primary N) is 1. The van der Waals surface area contributed by atoms with Crippen molar-refractivity contribution >= 4 is 23.2 Å². The largest absolute Gasteiger partial charge is 0.397 e. The third-order valence-electron chi connectivity index (χ3n) is 3.37. The summed E-state index contributed by atoms with van der Waals surface area (Å²) in [4.78, 5) is 12.1. The van der Waals surface area contributed by atoms with Crippen molar-refractivity contribution in [2.45, 2.75) is 32.9 Å². The number of nitrogens with one attached hydrogen (secondary N) is 1. The number of nitrogen functional groups attached to an aromatic ring is 1. The summed E-state index contributed by atoms with van der Waals surface area (Å²) in [7, 11) is 0. The Morgan fingerprint density at radius 2 is 2.17 bits per heavy atom. The first-order valence-corrected chi connectivity index (χ1v) is 7.70. The van der Waals surface area contributed by atoms with Gasteiger partial charge in [-0.2, -0.15) is 5.26 Å². The molecule has 0 atom stereocenters. The molecule has 0 saturated heterocycles. The lowest BCUT2D eigenvalue weighted by Gasteiger charge is -2.13. The predicted molar refractivity (Wildman–Crippen MR) is 91.1 cm³/mol. The van der Waals surface area contributed by atoms with Gasteiger partial charge in [0.15, 0.2) is 0 Å². The second kappa shape index (κ2) is 7.21. The summed E-state index contributed by atoms with van der Waals surface area (Å²) in [6, 6.07) is 11.2. The predicted octanol–water partition coefficient (Wildman–Crippen LogP) is 2.71. The second-order valence-electron chi connectivity index (χ2n) is 5.66. The monoisotopic (exact) mass is 330 g/mol. The third kappa shape index (κ3) is 4.27. The van der Waals surface area contributed by atoms with Crippen LogP contribution >= 0.6 is 11.6 Å². The molecule has 3 N–H and O–H groups in total. The molecule has 23 heavy (non-hydrogen) atoms. The molecular formula is C17H19ClN4O. The van der Waals surface area contributed by atoms with Crippen LogP contribution in [0.4, 0.5) is 5.69 Å². The minimum absolute atomic E-state index is 0.0392. The molecule has 1 aromatic heterocycles. The van der Waals surface area contributed by atoms with E-state index in [0.29, 0.717) is 22.8 Å². The van der Waals surface area contributed by atoms with Gasteiger partial charge in [-0.1, -0.05) is 23.7 Å². The van der Waals surface area contributed by atoms with E-state index < -0.39 is 0 Å². The summed E-state index contributed by atoms with van der Waals surface area (Å²) in [6.07, 6.45) is 0.503. The lowest BCUT2D eigenvalue weighted by Crippen LogP contribution is -2.33. The SMILES string of the molecule is CC(C)NC(=O)Cn1c(C#N)cc(N)c1Cc1cccc(Cl)c1. The van der Waals surface area contributed by atoms with Crippen LogP contribution in [0.5, 0.6) is 0 Å². The Morgan fingerprint density at radius 1 is 1.43 bits per heavy atom. The van der Waals surface area contributed by atoms with Crippen molar-refractivity contribution in [2.75, 3.05) is 5.73 Å². The van der Waals surface area contributed by atoms with Crippen LogP contribution in [0.15, 0.2) is 30.3 Å². The number of nitriles is 1. The molecular weight excluding hydrogens is 312 g/mol. The van der Waals surface area contributed by atoms with E-state index in [1.165, 1.54) is 0 Å². The third-order valence-corrected chi connectivity index (χ3v) is 3.60. The molecule has 0 aliphatic carbocycles. The van der Waals surface area contributed by atoms with Crippen molar-refractivity contribution in [1.29, 1.82) is 5.26 Å². The highest BCUT2D eigenvalue weighted by Crippen LogP contribution is 2.23. The van der Waals surface area contributed by atoms with E-state index in [2.05, 4.69) is 11.4 Å². The molecule has 0 unspecified atom stereocenters. The van der Waals surface area contributed by atoms with E-state index >= 15 is 0 Å². The number of carbonyl (C=O) groups excluding carboxylic acids is 1. The Kier molecular flexibility index (Phi) is 5.30. The van der Waals surface area contributed by atoms with E-state index in [0.717, 1.165) is 11.3 Å². The normalized spacial score (nSPS) is 10.6. The summed E-state index contributed by atoms with van der Waals surface area (Å²) in [5.41, 5.74) is 8.62. The Balaban J connectivity index is 2.33. The van der Waals surface area contributed by atoms with E-state index in [-0.39, 0.29) is 18.5 Å². The van der Waals surface area contributed by atoms with Crippen molar-refractivity contribution in [2.24, 2.45) is 0 Å². The van der Waals surface area contributed by atoms with Crippen molar-refractivity contribution in [3.8, 4) is 6.07 Å². The molecule has 6 heteroatoms. The smallest absolute Gasteiger partial charge is 0.240 e. The van der Waals surface area contributed by atoms with Gasteiger partial charge < -0.3 is 15.6 Å². The average Bonchev–Trinajstić information content (AvgIpc) is 2.75. The van der Waals surface area contributed by atoms with Crippen LogP contribution in [0.1, 0.15) is 30.8 Å². The molecule has 2 rings (SSSR count). The molecule has 1 amide bonds. The minimum Gasteiger partial charge on any atom is -0.397 e. The van der Waals surface area contributed by atoms with Crippen LogP contribution < -0.4 is 11.1 Å². The number of amides is 1. The number of nitrogens with zero attached hydrogens (tertiary/aromatic N) is 2. The van der Waals surface area contributed by atoms with Gasteiger partial charge in [0.25, 0.3) is 0 Å². The maximum atomic E-state index is 12.1. The molecule has 0 spiro atoms. The van der Waals surface area contributed by atoms with Gasteiger partial charge in [-0.05, 0) is 37.6 Å². The quantitative estimate of drug-likeness (QED) is 0.884. The van der Waals surface area contributed by atoms with E-state index in [1.807, 2.05) is 32.0 Å². The van der Waals surface area contributed by atoms with Gasteiger partial charge in [0.05, 0.1) is 5.69 Å². The molecule has 1 heterocycles. The highest BCUT2D eigenvalue weighted by Gasteiger charge is 2.16. The number of benzene rings is 1. The molecule has 0 radical (unpaired) electrons. The highest BCUT2D eigenvalue weighted by atomic mass is 35.5. The molecule has 0 saturated carbocycles. The zero-order chi connectivity index (χ0) is 17.0. The maximum absolute atomic E-state index is 12.1. The lowest BCUT2D eigenvalue weighted by atomic mass is 10.1. The number of carbonyl (C=O) groups is 1. The summed E-state index contributed by atoms with van der Waals surface area (Å²) in [5, 5.41) is 12.7. The fourth-order valence-corrected chi connectivity index (χ4v) is 2.64. The number of hydrogen-bond acceptors (Lipinski definition) is 3. The van der Waals surface area contributed by atoms with Gasteiger partial charge in [0, 0.05) is 23.2 Å². The van der Waals surface area contributed by atoms with E-state index in [4.69, 9.17) is 17.3 Å². The minimum atomic E-state index is -0.153. The fourth-order valence-electron chi connectivity index (χ4n) is 2.43. The molecule has 1 aromatic carbocycles. The van der Waals surface area contributed by atoms with Crippen molar-refractivity contribution in [3.05, 3.63) is 52.3 Å². The summed E-state index contributed by atoms with van der Waals surface area (Å²) >= 11 is 6.01. The summed E-state index contributed by atoms with van der Waals surface area (Å²) in [6.45, 7) is 3.84. The van der Waals surface area contributed by atoms with Gasteiger partial charge in [-0.3, -0.25) is 4.79 Å². The van der Waals surface area contributed by atoms with Gasteiger partial charge in [0.1, 0.15) is 18.3 Å². The molecule has 120 valence electrons. The zero-order valence-electron chi connectivity index (χ0n) is 13.1. The van der Waals surface area contributed by atoms with E-state index in [1.54, 1.807) is 16.7 Å². The summed E-state index contributed by atoms with van der Waals surface area (Å²) in [5.74, 6) is -0.153. The number of aromatic nitrogens is 1. The first-order valence-electron chi connectivity index (χ1n) is 7.32. The van der Waals surface area contributed by atoms with E-state index in [9.17, 15) is 10.1 Å². The van der Waals surface area contributed by atoms with Gasteiger partial charge in [-0.25, -0.2) is 0 Å². The Labute approximate surface area is 140 Å². The zero-order valence-corrected chi connectivity index (χ0v) is 13.9. The fraction of sp³-hybridized carbons (Fsp3) is 0.294. The lowest BCUT2D eigenvalue weighted by molar-refractivity contribution is -0.122. The molecule has 0 bridgehead atoms. The molecule has 0 aliphatic heterocycles.